The molecule has 1 aliphatic heterocycles. The van der Waals surface area contributed by atoms with E-state index in [0.717, 1.165) is 17.3 Å². The number of halogens is 1. The highest BCUT2D eigenvalue weighted by Crippen LogP contribution is 2.28. The van der Waals surface area contributed by atoms with Crippen LogP contribution in [-0.2, 0) is 4.79 Å². The van der Waals surface area contributed by atoms with Gasteiger partial charge in [-0.25, -0.2) is 0 Å². The second kappa shape index (κ2) is 5.74. The predicted octanol–water partition coefficient (Wildman–Crippen LogP) is 2.74. The standard InChI is InChI=1S/C14H16BrNO3/c1-9(17)7-11-3-2-6-16(11)14(19)12-8-10(15)4-5-13(12)18/h4-5,8,11,18H,2-3,6-7H2,1H3. The predicted molar refractivity (Wildman–Crippen MR) is 75.2 cm³/mol. The summed E-state index contributed by atoms with van der Waals surface area (Å²) in [7, 11) is 0. The lowest BCUT2D eigenvalue weighted by Crippen LogP contribution is -2.36. The van der Waals surface area contributed by atoms with Gasteiger partial charge in [-0.3, -0.25) is 9.59 Å². The molecule has 0 aromatic heterocycles. The first-order chi connectivity index (χ1) is 8.99. The third kappa shape index (κ3) is 3.15. The summed E-state index contributed by atoms with van der Waals surface area (Å²) in [5.74, 6) is -0.146. The van der Waals surface area contributed by atoms with E-state index in [1.165, 1.54) is 13.0 Å². The molecule has 0 saturated carbocycles. The van der Waals surface area contributed by atoms with E-state index in [2.05, 4.69) is 15.9 Å². The number of ketones is 1. The molecule has 0 aliphatic carbocycles. The van der Waals surface area contributed by atoms with Gasteiger partial charge in [0, 0.05) is 23.5 Å². The fourth-order valence-electron chi connectivity index (χ4n) is 2.48. The Labute approximate surface area is 120 Å². The molecular formula is C14H16BrNO3. The molecular weight excluding hydrogens is 310 g/mol. The Hall–Kier alpha value is -1.36. The Morgan fingerprint density at radius 1 is 1.47 bits per heavy atom. The summed E-state index contributed by atoms with van der Waals surface area (Å²) in [6, 6.07) is 4.75. The topological polar surface area (TPSA) is 57.6 Å². The van der Waals surface area contributed by atoms with E-state index < -0.39 is 0 Å². The van der Waals surface area contributed by atoms with Crippen LogP contribution in [0.1, 0.15) is 36.5 Å². The number of benzene rings is 1. The van der Waals surface area contributed by atoms with Crippen LogP contribution >= 0.6 is 15.9 Å². The molecule has 1 unspecified atom stereocenters. The summed E-state index contributed by atoms with van der Waals surface area (Å²) in [6.45, 7) is 2.18. The minimum absolute atomic E-state index is 0.0262. The van der Waals surface area contributed by atoms with Crippen molar-refractivity contribution in [3.05, 3.63) is 28.2 Å². The van der Waals surface area contributed by atoms with Crippen LogP contribution in [0.2, 0.25) is 0 Å². The molecule has 4 nitrogen and oxygen atoms in total. The molecule has 1 N–H and O–H groups in total. The maximum absolute atomic E-state index is 12.4. The highest BCUT2D eigenvalue weighted by molar-refractivity contribution is 9.10. The summed E-state index contributed by atoms with van der Waals surface area (Å²) in [5, 5.41) is 9.80. The number of hydrogen-bond donors (Lipinski definition) is 1. The van der Waals surface area contributed by atoms with Gasteiger partial charge in [0.2, 0.25) is 0 Å². The molecule has 102 valence electrons. The molecule has 1 amide bonds. The fraction of sp³-hybridized carbons (Fsp3) is 0.429. The molecule has 1 aromatic rings. The first kappa shape index (κ1) is 14.1. The molecule has 0 radical (unpaired) electrons. The van der Waals surface area contributed by atoms with Gasteiger partial charge in [0.1, 0.15) is 11.5 Å². The number of Topliss-reactive ketones (excluding diaryl/α,β-unsaturated/α-hetero) is 1. The van der Waals surface area contributed by atoms with Gasteiger partial charge in [-0.15, -0.1) is 0 Å². The van der Waals surface area contributed by atoms with Crippen LogP contribution < -0.4 is 0 Å². The van der Waals surface area contributed by atoms with Gasteiger partial charge in [-0.1, -0.05) is 15.9 Å². The van der Waals surface area contributed by atoms with Crippen molar-refractivity contribution in [1.29, 1.82) is 0 Å². The average molecular weight is 326 g/mol. The molecule has 1 fully saturated rings. The smallest absolute Gasteiger partial charge is 0.257 e. The Balaban J connectivity index is 2.23. The van der Waals surface area contributed by atoms with E-state index in [-0.39, 0.29) is 29.0 Å². The van der Waals surface area contributed by atoms with Crippen molar-refractivity contribution in [1.82, 2.24) is 4.90 Å². The lowest BCUT2D eigenvalue weighted by atomic mass is 10.1. The van der Waals surface area contributed by atoms with E-state index in [0.29, 0.717) is 13.0 Å². The average Bonchev–Trinajstić information content (AvgIpc) is 2.78. The molecule has 19 heavy (non-hydrogen) atoms. The maximum Gasteiger partial charge on any atom is 0.257 e. The molecule has 5 heteroatoms. The zero-order valence-corrected chi connectivity index (χ0v) is 12.3. The molecule has 1 aromatic carbocycles. The number of nitrogens with zero attached hydrogens (tertiary/aromatic N) is 1. The van der Waals surface area contributed by atoms with E-state index in [1.807, 2.05) is 0 Å². The van der Waals surface area contributed by atoms with Crippen molar-refractivity contribution in [2.75, 3.05) is 6.54 Å². The van der Waals surface area contributed by atoms with Crippen molar-refractivity contribution in [2.45, 2.75) is 32.2 Å². The van der Waals surface area contributed by atoms with E-state index >= 15 is 0 Å². The number of rotatable bonds is 3. The number of carbonyl (C=O) groups excluding carboxylic acids is 2. The Bertz CT molecular complexity index is 515. The molecule has 1 heterocycles. The zero-order valence-electron chi connectivity index (χ0n) is 10.7. The zero-order chi connectivity index (χ0) is 14.0. The van der Waals surface area contributed by atoms with Crippen molar-refractivity contribution in [2.24, 2.45) is 0 Å². The molecule has 0 bridgehead atoms. The Morgan fingerprint density at radius 2 is 2.21 bits per heavy atom. The van der Waals surface area contributed by atoms with E-state index in [1.54, 1.807) is 17.0 Å². The molecule has 2 rings (SSSR count). The summed E-state index contributed by atoms with van der Waals surface area (Å²) < 4.78 is 0.746. The van der Waals surface area contributed by atoms with Crippen LogP contribution in [0, 0.1) is 0 Å². The molecule has 1 aliphatic rings. The first-order valence-corrected chi connectivity index (χ1v) is 7.07. The van der Waals surface area contributed by atoms with Crippen molar-refractivity contribution in [3.8, 4) is 5.75 Å². The number of likely N-dealkylation sites (tertiary alicyclic amines) is 1. The van der Waals surface area contributed by atoms with Crippen LogP contribution in [0.25, 0.3) is 0 Å². The van der Waals surface area contributed by atoms with Crippen LogP contribution in [0.3, 0.4) is 0 Å². The number of phenolic OH excluding ortho intramolecular Hbond substituents is 1. The SMILES string of the molecule is CC(=O)CC1CCCN1C(=O)c1cc(Br)ccc1O. The summed E-state index contributed by atoms with van der Waals surface area (Å²) >= 11 is 3.29. The van der Waals surface area contributed by atoms with Crippen LogP contribution in [0.15, 0.2) is 22.7 Å². The van der Waals surface area contributed by atoms with Crippen LogP contribution in [-0.4, -0.2) is 34.3 Å². The fourth-order valence-corrected chi connectivity index (χ4v) is 2.84. The second-order valence-electron chi connectivity index (χ2n) is 4.86. The molecule has 1 atom stereocenters. The lowest BCUT2D eigenvalue weighted by molar-refractivity contribution is -0.117. The largest absolute Gasteiger partial charge is 0.507 e. The summed E-state index contributed by atoms with van der Waals surface area (Å²) in [5.41, 5.74) is 0.282. The number of hydrogen-bond acceptors (Lipinski definition) is 3. The normalized spacial score (nSPS) is 18.6. The molecule has 0 spiro atoms. The van der Waals surface area contributed by atoms with Crippen molar-refractivity contribution >= 4 is 27.6 Å². The monoisotopic (exact) mass is 325 g/mol. The third-order valence-electron chi connectivity index (χ3n) is 3.35. The summed E-state index contributed by atoms with van der Waals surface area (Å²) in [6.07, 6.45) is 2.14. The van der Waals surface area contributed by atoms with Crippen molar-refractivity contribution < 1.29 is 14.7 Å². The van der Waals surface area contributed by atoms with Gasteiger partial charge in [0.15, 0.2) is 0 Å². The van der Waals surface area contributed by atoms with Gasteiger partial charge in [-0.2, -0.15) is 0 Å². The minimum Gasteiger partial charge on any atom is -0.507 e. The first-order valence-electron chi connectivity index (χ1n) is 6.28. The minimum atomic E-state index is -0.206. The Morgan fingerprint density at radius 3 is 2.89 bits per heavy atom. The van der Waals surface area contributed by atoms with Crippen LogP contribution in [0.5, 0.6) is 5.75 Å². The van der Waals surface area contributed by atoms with Gasteiger partial charge in [0.25, 0.3) is 5.91 Å². The maximum atomic E-state index is 12.4. The quantitative estimate of drug-likeness (QED) is 0.929. The van der Waals surface area contributed by atoms with Crippen molar-refractivity contribution in [3.63, 3.8) is 0 Å². The van der Waals surface area contributed by atoms with Gasteiger partial charge in [-0.05, 0) is 38.0 Å². The number of aromatic hydroxyl groups is 1. The van der Waals surface area contributed by atoms with Gasteiger partial charge >= 0.3 is 0 Å². The third-order valence-corrected chi connectivity index (χ3v) is 3.84. The highest BCUT2D eigenvalue weighted by atomic mass is 79.9. The summed E-state index contributed by atoms with van der Waals surface area (Å²) in [4.78, 5) is 25.4. The number of phenols is 1. The lowest BCUT2D eigenvalue weighted by Gasteiger charge is -2.24. The second-order valence-corrected chi connectivity index (χ2v) is 5.78. The Kier molecular flexibility index (Phi) is 4.24. The number of amides is 1. The van der Waals surface area contributed by atoms with Gasteiger partial charge in [0.05, 0.1) is 5.56 Å². The number of carbonyl (C=O) groups is 2. The van der Waals surface area contributed by atoms with E-state index in [4.69, 9.17) is 0 Å². The van der Waals surface area contributed by atoms with E-state index in [9.17, 15) is 14.7 Å². The van der Waals surface area contributed by atoms with Gasteiger partial charge < -0.3 is 10.0 Å². The van der Waals surface area contributed by atoms with Crippen LogP contribution in [0.4, 0.5) is 0 Å². The highest BCUT2D eigenvalue weighted by Gasteiger charge is 2.31. The molecule has 1 saturated heterocycles.